The molecule has 2 aromatic carbocycles. The minimum Gasteiger partial charge on any atom is -0.467 e. The molecule has 0 fully saturated rings. The molecule has 1 unspecified atom stereocenters. The molecular weight excluding hydrogens is 713 g/mol. The van der Waals surface area contributed by atoms with Gasteiger partial charge in [0.25, 0.3) is 0 Å². The first-order valence-electron chi connectivity index (χ1n) is 19.9. The molecule has 7 N–H and O–H groups in total. The number of carbonyl (C=O) groups is 6. The summed E-state index contributed by atoms with van der Waals surface area (Å²) < 4.78 is 4.88. The second kappa shape index (κ2) is 24.0. The SMILES string of the molecule is CC[C@H](C)[C@H](NC(=O)C[C@H](N)[C@H](Cc1ccccc1)NC(=O)[C@H](Cc1ccccc1)NC(=O)[C@H](CC(C)C)NC(=O)CC(C)C)C(=O)NC(C(=O)OC)C(C)C. The Morgan fingerprint density at radius 1 is 0.607 bits per heavy atom. The van der Waals surface area contributed by atoms with Crippen LogP contribution in [-0.2, 0) is 46.3 Å². The fourth-order valence-corrected chi connectivity index (χ4v) is 6.28. The molecular formula is C43H66N6O7. The molecule has 310 valence electrons. The molecule has 7 atom stereocenters. The van der Waals surface area contributed by atoms with Crippen molar-refractivity contribution in [2.24, 2.45) is 29.4 Å². The predicted octanol–water partition coefficient (Wildman–Crippen LogP) is 3.58. The van der Waals surface area contributed by atoms with E-state index in [-0.39, 0.29) is 55.3 Å². The van der Waals surface area contributed by atoms with Gasteiger partial charge in [0.05, 0.1) is 7.11 Å². The van der Waals surface area contributed by atoms with Crippen molar-refractivity contribution >= 4 is 35.5 Å². The number of amides is 5. The summed E-state index contributed by atoms with van der Waals surface area (Å²) in [5, 5.41) is 14.4. The van der Waals surface area contributed by atoms with E-state index in [9.17, 15) is 28.8 Å². The summed E-state index contributed by atoms with van der Waals surface area (Å²) in [6, 6.07) is 13.2. The van der Waals surface area contributed by atoms with E-state index in [4.69, 9.17) is 10.5 Å². The van der Waals surface area contributed by atoms with Gasteiger partial charge in [-0.3, -0.25) is 24.0 Å². The Balaban J connectivity index is 2.38. The summed E-state index contributed by atoms with van der Waals surface area (Å²) in [6.45, 7) is 15.0. The van der Waals surface area contributed by atoms with Gasteiger partial charge in [-0.15, -0.1) is 0 Å². The summed E-state index contributed by atoms with van der Waals surface area (Å²) in [6.07, 6.45) is 1.40. The lowest BCUT2D eigenvalue weighted by Crippen LogP contribution is -2.59. The van der Waals surface area contributed by atoms with Crippen LogP contribution in [0, 0.1) is 23.7 Å². The Labute approximate surface area is 333 Å². The molecule has 0 aliphatic heterocycles. The van der Waals surface area contributed by atoms with E-state index in [1.807, 2.05) is 102 Å². The van der Waals surface area contributed by atoms with Crippen LogP contribution in [0.4, 0.5) is 0 Å². The van der Waals surface area contributed by atoms with Crippen LogP contribution in [0.3, 0.4) is 0 Å². The summed E-state index contributed by atoms with van der Waals surface area (Å²) in [7, 11) is 1.25. The van der Waals surface area contributed by atoms with E-state index in [1.165, 1.54) is 7.11 Å². The molecule has 5 amide bonds. The van der Waals surface area contributed by atoms with Crippen molar-refractivity contribution in [3.8, 4) is 0 Å². The first kappa shape index (κ1) is 47.4. The Kier molecular flexibility index (Phi) is 20.3. The largest absolute Gasteiger partial charge is 0.467 e. The molecule has 0 radical (unpaired) electrons. The molecule has 0 heterocycles. The lowest BCUT2D eigenvalue weighted by atomic mass is 9.94. The molecule has 56 heavy (non-hydrogen) atoms. The number of methoxy groups -OCH3 is 1. The Morgan fingerprint density at radius 2 is 1.14 bits per heavy atom. The zero-order valence-electron chi connectivity index (χ0n) is 34.7. The quantitative estimate of drug-likeness (QED) is 0.0921. The average Bonchev–Trinajstić information content (AvgIpc) is 3.14. The average molecular weight is 779 g/mol. The van der Waals surface area contributed by atoms with Gasteiger partial charge < -0.3 is 37.1 Å². The second-order valence-electron chi connectivity index (χ2n) is 16.0. The summed E-state index contributed by atoms with van der Waals surface area (Å²) in [4.78, 5) is 80.3. The predicted molar refractivity (Wildman–Crippen MR) is 218 cm³/mol. The number of ether oxygens (including phenoxy) is 1. The topological polar surface area (TPSA) is 198 Å². The van der Waals surface area contributed by atoms with E-state index in [0.29, 0.717) is 12.8 Å². The minimum absolute atomic E-state index is 0.0846. The number of carbonyl (C=O) groups excluding carboxylic acids is 6. The smallest absolute Gasteiger partial charge is 0.328 e. The fraction of sp³-hybridized carbons (Fsp3) is 0.581. The van der Waals surface area contributed by atoms with Gasteiger partial charge in [0.15, 0.2) is 0 Å². The van der Waals surface area contributed by atoms with E-state index in [1.54, 1.807) is 13.8 Å². The molecule has 2 rings (SSSR count). The van der Waals surface area contributed by atoms with Crippen LogP contribution in [0.25, 0.3) is 0 Å². The highest BCUT2D eigenvalue weighted by molar-refractivity contribution is 5.93. The van der Waals surface area contributed by atoms with Crippen LogP contribution in [0.1, 0.15) is 92.2 Å². The maximum Gasteiger partial charge on any atom is 0.328 e. The molecule has 0 saturated heterocycles. The van der Waals surface area contributed by atoms with Crippen molar-refractivity contribution in [2.75, 3.05) is 7.11 Å². The third-order valence-electron chi connectivity index (χ3n) is 9.66. The van der Waals surface area contributed by atoms with Gasteiger partial charge in [0.2, 0.25) is 29.5 Å². The molecule has 0 saturated carbocycles. The number of hydrogen-bond acceptors (Lipinski definition) is 8. The van der Waals surface area contributed by atoms with E-state index in [0.717, 1.165) is 11.1 Å². The molecule has 0 aliphatic carbocycles. The van der Waals surface area contributed by atoms with Crippen molar-refractivity contribution in [2.45, 2.75) is 130 Å². The van der Waals surface area contributed by atoms with Gasteiger partial charge in [0.1, 0.15) is 24.2 Å². The monoisotopic (exact) mass is 778 g/mol. The van der Waals surface area contributed by atoms with E-state index < -0.39 is 65.8 Å². The third kappa shape index (κ3) is 16.5. The number of nitrogens with two attached hydrogens (primary N) is 1. The zero-order valence-corrected chi connectivity index (χ0v) is 34.7. The van der Waals surface area contributed by atoms with Crippen LogP contribution in [0.5, 0.6) is 0 Å². The first-order valence-corrected chi connectivity index (χ1v) is 19.9. The van der Waals surface area contributed by atoms with Crippen LogP contribution in [0.15, 0.2) is 60.7 Å². The highest BCUT2D eigenvalue weighted by atomic mass is 16.5. The second-order valence-corrected chi connectivity index (χ2v) is 16.0. The molecule has 2 aromatic rings. The Bertz CT molecular complexity index is 1550. The molecule has 13 nitrogen and oxygen atoms in total. The molecule has 13 heteroatoms. The van der Waals surface area contributed by atoms with Crippen molar-refractivity contribution in [1.29, 1.82) is 0 Å². The number of nitrogens with one attached hydrogen (secondary N) is 5. The van der Waals surface area contributed by atoms with Crippen LogP contribution in [0.2, 0.25) is 0 Å². The zero-order chi connectivity index (χ0) is 41.9. The van der Waals surface area contributed by atoms with E-state index >= 15 is 0 Å². The van der Waals surface area contributed by atoms with Crippen LogP contribution < -0.4 is 32.3 Å². The van der Waals surface area contributed by atoms with Crippen molar-refractivity contribution in [1.82, 2.24) is 26.6 Å². The molecule has 0 aromatic heterocycles. The number of rotatable bonds is 23. The van der Waals surface area contributed by atoms with E-state index in [2.05, 4.69) is 26.6 Å². The van der Waals surface area contributed by atoms with Gasteiger partial charge in [-0.05, 0) is 47.6 Å². The van der Waals surface area contributed by atoms with Gasteiger partial charge in [-0.2, -0.15) is 0 Å². The van der Waals surface area contributed by atoms with Crippen molar-refractivity contribution in [3.63, 3.8) is 0 Å². The van der Waals surface area contributed by atoms with Gasteiger partial charge in [-0.1, -0.05) is 122 Å². The highest BCUT2D eigenvalue weighted by Gasteiger charge is 2.34. The molecule has 0 bridgehead atoms. The number of benzene rings is 2. The summed E-state index contributed by atoms with van der Waals surface area (Å²) >= 11 is 0. The maximum absolute atomic E-state index is 14.3. The molecule has 0 spiro atoms. The van der Waals surface area contributed by atoms with Crippen molar-refractivity contribution < 1.29 is 33.5 Å². The summed E-state index contributed by atoms with van der Waals surface area (Å²) in [5.41, 5.74) is 8.40. The highest BCUT2D eigenvalue weighted by Crippen LogP contribution is 2.14. The Hall–Kier alpha value is -4.78. The number of hydrogen-bond donors (Lipinski definition) is 6. The Morgan fingerprint density at radius 3 is 1.64 bits per heavy atom. The van der Waals surface area contributed by atoms with Gasteiger partial charge >= 0.3 is 5.97 Å². The van der Waals surface area contributed by atoms with Crippen LogP contribution in [-0.4, -0.2) is 78.9 Å². The van der Waals surface area contributed by atoms with Crippen molar-refractivity contribution in [3.05, 3.63) is 71.8 Å². The summed E-state index contributed by atoms with van der Waals surface area (Å²) in [5.74, 6) is -3.18. The first-order chi connectivity index (χ1) is 26.4. The lowest BCUT2D eigenvalue weighted by Gasteiger charge is -2.30. The van der Waals surface area contributed by atoms with Gasteiger partial charge in [-0.25, -0.2) is 4.79 Å². The number of esters is 1. The maximum atomic E-state index is 14.3. The minimum atomic E-state index is -1.04. The van der Waals surface area contributed by atoms with Gasteiger partial charge in [0, 0.05) is 31.3 Å². The third-order valence-corrected chi connectivity index (χ3v) is 9.66. The normalized spacial score (nSPS) is 15.1. The van der Waals surface area contributed by atoms with Crippen LogP contribution >= 0.6 is 0 Å². The fourth-order valence-electron chi connectivity index (χ4n) is 6.28. The lowest BCUT2D eigenvalue weighted by molar-refractivity contribution is -0.147. The standard InChI is InChI=1S/C43H66N6O7/c1-10-29(8)39(42(54)49-38(28(6)7)43(55)56-9)48-37(51)25-32(44)33(23-30-17-13-11-14-18-30)46-41(53)35(24-31-19-15-12-16-20-31)47-40(52)34(21-26(2)3)45-36(50)22-27(4)5/h11-20,26-29,32-35,38-39H,10,21-25,44H2,1-9H3,(H,45,50)(H,46,53)(H,47,52)(H,48,51)(H,49,54)/t29-,32-,33-,34-,35-,38?,39-/m0/s1. The molecule has 0 aliphatic rings.